The highest BCUT2D eigenvalue weighted by atomic mass is 32.2. The first-order valence-corrected chi connectivity index (χ1v) is 5.97. The number of rotatable bonds is 5. The number of thioether (sulfide) groups is 1. The first-order chi connectivity index (χ1) is 6.83. The van der Waals surface area contributed by atoms with Crippen LogP contribution in [0.25, 0.3) is 0 Å². The van der Waals surface area contributed by atoms with Gasteiger partial charge in [0, 0.05) is 6.42 Å². The molecule has 0 aliphatic rings. The summed E-state index contributed by atoms with van der Waals surface area (Å²) in [4.78, 5) is 11.3. The first-order valence-electron chi connectivity index (χ1n) is 4.57. The van der Waals surface area contributed by atoms with Crippen LogP contribution in [0.4, 0.5) is 0 Å². The van der Waals surface area contributed by atoms with Gasteiger partial charge in [0.2, 0.25) is 0 Å². The Morgan fingerprint density at radius 1 is 1.36 bits per heavy atom. The fraction of sp³-hybridized carbons (Fsp3) is 0.364. The van der Waals surface area contributed by atoms with E-state index in [1.165, 1.54) is 0 Å². The molecule has 0 aliphatic heterocycles. The molecule has 0 fully saturated rings. The summed E-state index contributed by atoms with van der Waals surface area (Å²) in [6.07, 6.45) is 3.41. The van der Waals surface area contributed by atoms with E-state index in [0.29, 0.717) is 12.2 Å². The van der Waals surface area contributed by atoms with Gasteiger partial charge in [-0.15, -0.1) is 0 Å². The van der Waals surface area contributed by atoms with Gasteiger partial charge in [-0.1, -0.05) is 18.2 Å². The average Bonchev–Trinajstić information content (AvgIpc) is 2.20. The topological polar surface area (TPSA) is 26.3 Å². The van der Waals surface area contributed by atoms with Gasteiger partial charge < -0.3 is 4.74 Å². The predicted octanol–water partition coefficient (Wildman–Crippen LogP) is 2.74. The minimum absolute atomic E-state index is 0.148. The molecule has 0 unspecified atom stereocenters. The number of benzene rings is 1. The molecule has 0 atom stereocenters. The Kier molecular flexibility index (Phi) is 5.15. The highest BCUT2D eigenvalue weighted by Crippen LogP contribution is 2.10. The van der Waals surface area contributed by atoms with Crippen LogP contribution in [0.15, 0.2) is 30.3 Å². The molecule has 0 N–H and O–H groups in total. The summed E-state index contributed by atoms with van der Waals surface area (Å²) >= 11 is 1.74. The third-order valence-electron chi connectivity index (χ3n) is 1.70. The van der Waals surface area contributed by atoms with Gasteiger partial charge in [0.25, 0.3) is 0 Å². The molecule has 0 heterocycles. The average molecular weight is 210 g/mol. The van der Waals surface area contributed by atoms with Crippen molar-refractivity contribution >= 4 is 17.7 Å². The van der Waals surface area contributed by atoms with E-state index >= 15 is 0 Å². The zero-order valence-electron chi connectivity index (χ0n) is 8.23. The SMILES string of the molecule is CSCCCC(=O)Oc1ccccc1. The molecule has 14 heavy (non-hydrogen) atoms. The van der Waals surface area contributed by atoms with Gasteiger partial charge in [-0.3, -0.25) is 4.79 Å². The number of carbonyl (C=O) groups excluding carboxylic acids is 1. The van der Waals surface area contributed by atoms with Gasteiger partial charge in [0.1, 0.15) is 5.75 Å². The first kappa shape index (κ1) is 11.1. The zero-order valence-corrected chi connectivity index (χ0v) is 9.05. The summed E-state index contributed by atoms with van der Waals surface area (Å²) in [5, 5.41) is 0. The normalized spacial score (nSPS) is 9.79. The van der Waals surface area contributed by atoms with Crippen molar-refractivity contribution in [3.8, 4) is 5.75 Å². The summed E-state index contributed by atoms with van der Waals surface area (Å²) in [5.74, 6) is 1.48. The Balaban J connectivity index is 2.27. The third-order valence-corrected chi connectivity index (χ3v) is 2.40. The molecule has 1 aromatic rings. The molecular formula is C11H14O2S. The summed E-state index contributed by atoms with van der Waals surface area (Å²) in [6.45, 7) is 0. The Morgan fingerprint density at radius 3 is 2.71 bits per heavy atom. The van der Waals surface area contributed by atoms with Crippen LogP contribution >= 0.6 is 11.8 Å². The lowest BCUT2D eigenvalue weighted by Crippen LogP contribution is -2.07. The Labute approximate surface area is 88.7 Å². The van der Waals surface area contributed by atoms with Crippen molar-refractivity contribution in [2.24, 2.45) is 0 Å². The fourth-order valence-corrected chi connectivity index (χ4v) is 1.46. The molecule has 0 saturated carbocycles. The van der Waals surface area contributed by atoms with E-state index in [4.69, 9.17) is 4.74 Å². The largest absolute Gasteiger partial charge is 0.427 e. The maximum atomic E-state index is 11.3. The predicted molar refractivity (Wildman–Crippen MR) is 59.7 cm³/mol. The minimum atomic E-state index is -0.148. The van der Waals surface area contributed by atoms with E-state index in [1.54, 1.807) is 23.9 Å². The number of esters is 1. The van der Waals surface area contributed by atoms with E-state index in [9.17, 15) is 4.79 Å². The van der Waals surface area contributed by atoms with E-state index in [1.807, 2.05) is 24.5 Å². The minimum Gasteiger partial charge on any atom is -0.427 e. The number of para-hydroxylation sites is 1. The molecule has 0 spiro atoms. The Bertz CT molecular complexity index is 272. The van der Waals surface area contributed by atoms with Crippen molar-refractivity contribution in [2.45, 2.75) is 12.8 Å². The van der Waals surface area contributed by atoms with E-state index < -0.39 is 0 Å². The molecule has 1 aromatic carbocycles. The lowest BCUT2D eigenvalue weighted by molar-refractivity contribution is -0.134. The molecule has 2 nitrogen and oxygen atoms in total. The van der Waals surface area contributed by atoms with Gasteiger partial charge in [-0.25, -0.2) is 0 Å². The number of hydrogen-bond donors (Lipinski definition) is 0. The zero-order chi connectivity index (χ0) is 10.2. The van der Waals surface area contributed by atoms with E-state index in [0.717, 1.165) is 12.2 Å². The number of carbonyl (C=O) groups is 1. The van der Waals surface area contributed by atoms with E-state index in [2.05, 4.69) is 0 Å². The van der Waals surface area contributed by atoms with Crippen LogP contribution in [0.2, 0.25) is 0 Å². The lowest BCUT2D eigenvalue weighted by Gasteiger charge is -2.02. The number of hydrogen-bond acceptors (Lipinski definition) is 3. The van der Waals surface area contributed by atoms with Crippen molar-refractivity contribution in [3.63, 3.8) is 0 Å². The third kappa shape index (κ3) is 4.33. The molecule has 0 bridgehead atoms. The van der Waals surface area contributed by atoms with Crippen LogP contribution < -0.4 is 4.74 Å². The maximum Gasteiger partial charge on any atom is 0.311 e. The second-order valence-corrected chi connectivity index (χ2v) is 3.87. The summed E-state index contributed by atoms with van der Waals surface area (Å²) in [7, 11) is 0. The van der Waals surface area contributed by atoms with E-state index in [-0.39, 0.29) is 5.97 Å². The second kappa shape index (κ2) is 6.49. The summed E-state index contributed by atoms with van der Waals surface area (Å²) in [5.41, 5.74) is 0. The number of ether oxygens (including phenoxy) is 1. The molecule has 0 aromatic heterocycles. The molecule has 0 aliphatic carbocycles. The Morgan fingerprint density at radius 2 is 2.07 bits per heavy atom. The van der Waals surface area contributed by atoms with Crippen LogP contribution in [0.5, 0.6) is 5.75 Å². The highest BCUT2D eigenvalue weighted by Gasteiger charge is 2.02. The fourth-order valence-electron chi connectivity index (χ4n) is 1.03. The second-order valence-electron chi connectivity index (χ2n) is 2.88. The van der Waals surface area contributed by atoms with Gasteiger partial charge in [-0.05, 0) is 30.6 Å². The summed E-state index contributed by atoms with van der Waals surface area (Å²) < 4.78 is 5.11. The van der Waals surface area contributed by atoms with Crippen molar-refractivity contribution in [3.05, 3.63) is 30.3 Å². The lowest BCUT2D eigenvalue weighted by atomic mass is 10.3. The van der Waals surface area contributed by atoms with Crippen LogP contribution in [0, 0.1) is 0 Å². The van der Waals surface area contributed by atoms with Crippen LogP contribution in [0.1, 0.15) is 12.8 Å². The van der Waals surface area contributed by atoms with Crippen LogP contribution in [-0.4, -0.2) is 18.0 Å². The van der Waals surface area contributed by atoms with Crippen molar-refractivity contribution in [1.29, 1.82) is 0 Å². The standard InChI is InChI=1S/C11H14O2S/c1-14-9-5-8-11(12)13-10-6-3-2-4-7-10/h2-4,6-7H,5,8-9H2,1H3. The van der Waals surface area contributed by atoms with Gasteiger partial charge in [-0.2, -0.15) is 11.8 Å². The van der Waals surface area contributed by atoms with Crippen molar-refractivity contribution in [2.75, 3.05) is 12.0 Å². The van der Waals surface area contributed by atoms with Crippen LogP contribution in [-0.2, 0) is 4.79 Å². The van der Waals surface area contributed by atoms with Gasteiger partial charge in [0.15, 0.2) is 0 Å². The monoisotopic (exact) mass is 210 g/mol. The molecular weight excluding hydrogens is 196 g/mol. The molecule has 0 radical (unpaired) electrons. The molecule has 76 valence electrons. The molecule has 3 heteroatoms. The Hall–Kier alpha value is -0.960. The van der Waals surface area contributed by atoms with Crippen molar-refractivity contribution < 1.29 is 9.53 Å². The maximum absolute atomic E-state index is 11.3. The molecule has 0 amide bonds. The highest BCUT2D eigenvalue weighted by molar-refractivity contribution is 7.98. The quantitative estimate of drug-likeness (QED) is 0.424. The van der Waals surface area contributed by atoms with Gasteiger partial charge >= 0.3 is 5.97 Å². The molecule has 0 saturated heterocycles. The van der Waals surface area contributed by atoms with Crippen LogP contribution in [0.3, 0.4) is 0 Å². The molecule has 1 rings (SSSR count). The van der Waals surface area contributed by atoms with Gasteiger partial charge in [0.05, 0.1) is 0 Å². The summed E-state index contributed by atoms with van der Waals surface area (Å²) in [6, 6.07) is 9.17. The van der Waals surface area contributed by atoms with Crippen molar-refractivity contribution in [1.82, 2.24) is 0 Å². The smallest absolute Gasteiger partial charge is 0.311 e.